The van der Waals surface area contributed by atoms with Gasteiger partial charge in [0.25, 0.3) is 0 Å². The fraction of sp³-hybridized carbons (Fsp3) is 0.188. The molecule has 1 aromatic carbocycles. The maximum Gasteiger partial charge on any atom is 0.140 e. The van der Waals surface area contributed by atoms with Gasteiger partial charge in [0.2, 0.25) is 0 Å². The molecule has 0 N–H and O–H groups in total. The van der Waals surface area contributed by atoms with E-state index >= 15 is 0 Å². The zero-order valence-corrected chi connectivity index (χ0v) is 10.7. The molecule has 3 aromatic rings. The first-order valence-corrected chi connectivity index (χ1v) is 6.33. The number of hydrogen-bond donors (Lipinski definition) is 0. The summed E-state index contributed by atoms with van der Waals surface area (Å²) in [6.45, 7) is 4.29. The van der Waals surface area contributed by atoms with E-state index in [1.54, 1.807) is 0 Å². The summed E-state index contributed by atoms with van der Waals surface area (Å²) in [7, 11) is 0. The topological polar surface area (TPSA) is 17.3 Å². The van der Waals surface area contributed by atoms with Crippen molar-refractivity contribution in [2.75, 3.05) is 0 Å². The summed E-state index contributed by atoms with van der Waals surface area (Å²) in [5.41, 5.74) is 5.85. The second-order valence-corrected chi connectivity index (χ2v) is 4.51. The predicted octanol–water partition coefficient (Wildman–Crippen LogP) is 3.87. The van der Waals surface area contributed by atoms with E-state index in [2.05, 4.69) is 60.8 Å². The average Bonchev–Trinajstić information content (AvgIpc) is 2.80. The summed E-state index contributed by atoms with van der Waals surface area (Å²) < 4.78 is 2.21. The summed E-state index contributed by atoms with van der Waals surface area (Å²) in [6.07, 6.45) is 3.08. The molecule has 2 heterocycles. The summed E-state index contributed by atoms with van der Waals surface area (Å²) in [5.74, 6) is 0. The van der Waals surface area contributed by atoms with E-state index in [-0.39, 0.29) is 0 Å². The lowest BCUT2D eigenvalue weighted by Crippen LogP contribution is -1.92. The van der Waals surface area contributed by atoms with Crippen molar-refractivity contribution in [1.29, 1.82) is 0 Å². The Balaban J connectivity index is 2.33. The van der Waals surface area contributed by atoms with Gasteiger partial charge in [-0.05, 0) is 25.0 Å². The Morgan fingerprint density at radius 1 is 1.06 bits per heavy atom. The highest BCUT2D eigenvalue weighted by Gasteiger charge is 2.12. The fourth-order valence-electron chi connectivity index (χ4n) is 2.42. The van der Waals surface area contributed by atoms with Crippen LogP contribution in [0.2, 0.25) is 0 Å². The molecule has 90 valence electrons. The Kier molecular flexibility index (Phi) is 2.63. The first kappa shape index (κ1) is 11.0. The SMILES string of the molecule is CCc1c(-c2ccccc2)nc2c(C)cccn12. The van der Waals surface area contributed by atoms with Gasteiger partial charge in [0.15, 0.2) is 0 Å². The standard InChI is InChI=1S/C16H16N2/c1-3-14-15(13-9-5-4-6-10-13)17-16-12(2)8-7-11-18(14)16/h4-11H,3H2,1-2H3. The lowest BCUT2D eigenvalue weighted by molar-refractivity contribution is 0.993. The van der Waals surface area contributed by atoms with Crippen molar-refractivity contribution in [3.8, 4) is 11.3 Å². The number of aryl methyl sites for hydroxylation is 2. The van der Waals surface area contributed by atoms with Gasteiger partial charge in [-0.25, -0.2) is 4.98 Å². The largest absolute Gasteiger partial charge is 0.303 e. The van der Waals surface area contributed by atoms with Crippen molar-refractivity contribution in [2.24, 2.45) is 0 Å². The van der Waals surface area contributed by atoms with Crippen LogP contribution in [0.1, 0.15) is 18.2 Å². The van der Waals surface area contributed by atoms with Gasteiger partial charge >= 0.3 is 0 Å². The van der Waals surface area contributed by atoms with Crippen LogP contribution in [0.15, 0.2) is 48.7 Å². The van der Waals surface area contributed by atoms with Crippen LogP contribution < -0.4 is 0 Å². The van der Waals surface area contributed by atoms with Gasteiger partial charge in [-0.2, -0.15) is 0 Å². The fourth-order valence-corrected chi connectivity index (χ4v) is 2.42. The highest BCUT2D eigenvalue weighted by atomic mass is 15.0. The van der Waals surface area contributed by atoms with Crippen LogP contribution in [0, 0.1) is 6.92 Å². The molecule has 0 atom stereocenters. The third-order valence-corrected chi connectivity index (χ3v) is 3.33. The number of hydrogen-bond acceptors (Lipinski definition) is 1. The zero-order chi connectivity index (χ0) is 12.5. The van der Waals surface area contributed by atoms with E-state index in [1.807, 2.05) is 6.07 Å². The molecule has 0 fully saturated rings. The molecule has 0 bridgehead atoms. The first-order valence-electron chi connectivity index (χ1n) is 6.33. The van der Waals surface area contributed by atoms with Crippen molar-refractivity contribution in [1.82, 2.24) is 9.38 Å². The van der Waals surface area contributed by atoms with Gasteiger partial charge in [0, 0.05) is 11.8 Å². The molecule has 0 spiro atoms. The smallest absolute Gasteiger partial charge is 0.140 e. The van der Waals surface area contributed by atoms with Crippen molar-refractivity contribution >= 4 is 5.65 Å². The van der Waals surface area contributed by atoms with Gasteiger partial charge in [-0.3, -0.25) is 0 Å². The molecule has 0 unspecified atom stereocenters. The van der Waals surface area contributed by atoms with E-state index in [9.17, 15) is 0 Å². The minimum absolute atomic E-state index is 0.981. The Morgan fingerprint density at radius 2 is 1.83 bits per heavy atom. The van der Waals surface area contributed by atoms with E-state index in [0.29, 0.717) is 0 Å². The highest BCUT2D eigenvalue weighted by Crippen LogP contribution is 2.25. The molecule has 2 heteroatoms. The van der Waals surface area contributed by atoms with Gasteiger partial charge < -0.3 is 4.40 Å². The van der Waals surface area contributed by atoms with Crippen LogP contribution >= 0.6 is 0 Å². The summed E-state index contributed by atoms with van der Waals surface area (Å²) in [4.78, 5) is 4.82. The third-order valence-electron chi connectivity index (χ3n) is 3.33. The lowest BCUT2D eigenvalue weighted by atomic mass is 10.1. The lowest BCUT2D eigenvalue weighted by Gasteiger charge is -2.02. The maximum absolute atomic E-state index is 4.82. The monoisotopic (exact) mass is 236 g/mol. The van der Waals surface area contributed by atoms with Gasteiger partial charge in [-0.1, -0.05) is 43.3 Å². The van der Waals surface area contributed by atoms with Crippen molar-refractivity contribution < 1.29 is 0 Å². The summed E-state index contributed by atoms with van der Waals surface area (Å²) >= 11 is 0. The van der Waals surface area contributed by atoms with Gasteiger partial charge in [0.05, 0.1) is 11.4 Å². The number of rotatable bonds is 2. The molecule has 2 aromatic heterocycles. The third kappa shape index (κ3) is 1.61. The highest BCUT2D eigenvalue weighted by molar-refractivity contribution is 5.67. The number of nitrogens with zero attached hydrogens (tertiary/aromatic N) is 2. The number of fused-ring (bicyclic) bond motifs is 1. The Morgan fingerprint density at radius 3 is 2.56 bits per heavy atom. The van der Waals surface area contributed by atoms with Gasteiger partial charge in [0.1, 0.15) is 5.65 Å². The minimum atomic E-state index is 0.981. The zero-order valence-electron chi connectivity index (χ0n) is 10.7. The minimum Gasteiger partial charge on any atom is -0.303 e. The summed E-state index contributed by atoms with van der Waals surface area (Å²) in [5, 5.41) is 0. The number of imidazole rings is 1. The van der Waals surface area contributed by atoms with Crippen LogP contribution in [0.3, 0.4) is 0 Å². The van der Waals surface area contributed by atoms with Crippen LogP contribution in [-0.4, -0.2) is 9.38 Å². The van der Waals surface area contributed by atoms with E-state index in [0.717, 1.165) is 17.8 Å². The van der Waals surface area contributed by atoms with Crippen LogP contribution in [0.5, 0.6) is 0 Å². The average molecular weight is 236 g/mol. The molecule has 0 saturated heterocycles. The van der Waals surface area contributed by atoms with E-state index in [4.69, 9.17) is 4.98 Å². The first-order chi connectivity index (χ1) is 8.81. The summed E-state index contributed by atoms with van der Waals surface area (Å²) in [6, 6.07) is 14.6. The molecular weight excluding hydrogens is 220 g/mol. The second-order valence-electron chi connectivity index (χ2n) is 4.51. The molecule has 0 aliphatic rings. The quantitative estimate of drug-likeness (QED) is 0.660. The molecule has 2 nitrogen and oxygen atoms in total. The maximum atomic E-state index is 4.82. The van der Waals surface area contributed by atoms with Gasteiger partial charge in [-0.15, -0.1) is 0 Å². The van der Waals surface area contributed by atoms with Crippen LogP contribution in [0.4, 0.5) is 0 Å². The molecule has 0 radical (unpaired) electrons. The molecule has 18 heavy (non-hydrogen) atoms. The number of aromatic nitrogens is 2. The van der Waals surface area contributed by atoms with E-state index in [1.165, 1.54) is 16.8 Å². The molecule has 0 aliphatic carbocycles. The normalized spacial score (nSPS) is 11.0. The Labute approximate surface area is 107 Å². The number of pyridine rings is 1. The van der Waals surface area contributed by atoms with Crippen molar-refractivity contribution in [3.63, 3.8) is 0 Å². The Hall–Kier alpha value is -2.09. The molecule has 0 amide bonds. The molecule has 3 rings (SSSR count). The van der Waals surface area contributed by atoms with Crippen molar-refractivity contribution in [2.45, 2.75) is 20.3 Å². The van der Waals surface area contributed by atoms with Crippen molar-refractivity contribution in [3.05, 3.63) is 59.9 Å². The number of benzene rings is 1. The second kappa shape index (κ2) is 4.30. The van der Waals surface area contributed by atoms with E-state index < -0.39 is 0 Å². The molecule has 0 saturated carbocycles. The molecule has 0 aliphatic heterocycles. The Bertz CT molecular complexity index is 681. The van der Waals surface area contributed by atoms with Crippen LogP contribution in [-0.2, 0) is 6.42 Å². The van der Waals surface area contributed by atoms with Crippen LogP contribution in [0.25, 0.3) is 16.9 Å². The predicted molar refractivity (Wildman–Crippen MR) is 74.7 cm³/mol. The molecular formula is C16H16N2.